The van der Waals surface area contributed by atoms with Gasteiger partial charge in [-0.15, -0.1) is 0 Å². The third-order valence-electron chi connectivity index (χ3n) is 1.49. The molecule has 0 aliphatic carbocycles. The summed E-state index contributed by atoms with van der Waals surface area (Å²) in [6.45, 7) is 1.97. The van der Waals surface area contributed by atoms with Crippen LogP contribution in [0.15, 0.2) is 42.5 Å². The van der Waals surface area contributed by atoms with Crippen LogP contribution in [0.3, 0.4) is 0 Å². The Labute approximate surface area is 72.7 Å². The molecule has 0 fully saturated rings. The molecule has 0 amide bonds. The van der Waals surface area contributed by atoms with Crippen LogP contribution >= 0.6 is 0 Å². The minimum atomic E-state index is 0.304. The van der Waals surface area contributed by atoms with Crippen LogP contribution in [0.25, 0.3) is 6.08 Å². The molecule has 1 heteroatoms. The van der Waals surface area contributed by atoms with E-state index in [2.05, 4.69) is 0 Å². The summed E-state index contributed by atoms with van der Waals surface area (Å²) in [4.78, 5) is 0. The van der Waals surface area contributed by atoms with Gasteiger partial charge in [-0.05, 0) is 24.6 Å². The zero-order chi connectivity index (χ0) is 8.81. The van der Waals surface area contributed by atoms with Crippen molar-refractivity contribution in [2.75, 3.05) is 0 Å². The third-order valence-corrected chi connectivity index (χ3v) is 1.49. The SMILES string of the molecule is C/C=C\C=C/c1ccc(O)cc1. The Kier molecular flexibility index (Phi) is 3.15. The highest BCUT2D eigenvalue weighted by atomic mass is 16.3. The molecular formula is C11H12O. The first-order valence-electron chi connectivity index (χ1n) is 3.91. The maximum absolute atomic E-state index is 8.99. The number of allylic oxidation sites excluding steroid dienone is 3. The molecule has 1 rings (SSSR count). The van der Waals surface area contributed by atoms with Crippen LogP contribution in [0.2, 0.25) is 0 Å². The van der Waals surface area contributed by atoms with Gasteiger partial charge in [0.05, 0.1) is 0 Å². The number of rotatable bonds is 2. The predicted molar refractivity (Wildman–Crippen MR) is 52.0 cm³/mol. The van der Waals surface area contributed by atoms with Gasteiger partial charge in [-0.25, -0.2) is 0 Å². The molecule has 0 spiro atoms. The van der Waals surface area contributed by atoms with Crippen molar-refractivity contribution < 1.29 is 5.11 Å². The lowest BCUT2D eigenvalue weighted by atomic mass is 10.2. The van der Waals surface area contributed by atoms with Gasteiger partial charge in [-0.2, -0.15) is 0 Å². The zero-order valence-electron chi connectivity index (χ0n) is 7.07. The van der Waals surface area contributed by atoms with Crippen LogP contribution in [0, 0.1) is 0 Å². The predicted octanol–water partition coefficient (Wildman–Crippen LogP) is 2.98. The number of phenolic OH excluding ortho intramolecular Hbond substituents is 1. The van der Waals surface area contributed by atoms with Crippen LogP contribution in [-0.4, -0.2) is 5.11 Å². The van der Waals surface area contributed by atoms with E-state index in [1.165, 1.54) is 0 Å². The lowest BCUT2D eigenvalue weighted by molar-refractivity contribution is 0.475. The lowest BCUT2D eigenvalue weighted by Crippen LogP contribution is -1.68. The van der Waals surface area contributed by atoms with Gasteiger partial charge in [-0.1, -0.05) is 36.4 Å². The number of benzene rings is 1. The van der Waals surface area contributed by atoms with Crippen molar-refractivity contribution in [3.8, 4) is 5.75 Å². The molecule has 0 atom stereocenters. The van der Waals surface area contributed by atoms with Gasteiger partial charge in [0.25, 0.3) is 0 Å². The Hall–Kier alpha value is -1.50. The molecule has 0 bridgehead atoms. The van der Waals surface area contributed by atoms with Crippen molar-refractivity contribution in [1.82, 2.24) is 0 Å². The average Bonchev–Trinajstić information content (AvgIpc) is 2.09. The van der Waals surface area contributed by atoms with Crippen molar-refractivity contribution in [1.29, 1.82) is 0 Å². The normalized spacial score (nSPS) is 11.4. The summed E-state index contributed by atoms with van der Waals surface area (Å²) in [5.74, 6) is 0.304. The van der Waals surface area contributed by atoms with E-state index < -0.39 is 0 Å². The Bertz CT molecular complexity index is 280. The van der Waals surface area contributed by atoms with Gasteiger partial charge in [0.1, 0.15) is 5.75 Å². The van der Waals surface area contributed by atoms with Crippen molar-refractivity contribution >= 4 is 6.08 Å². The first-order valence-corrected chi connectivity index (χ1v) is 3.91. The van der Waals surface area contributed by atoms with E-state index in [0.717, 1.165) is 5.56 Å². The minimum absolute atomic E-state index is 0.304. The number of hydrogen-bond acceptors (Lipinski definition) is 1. The monoisotopic (exact) mass is 160 g/mol. The Morgan fingerprint density at radius 2 is 1.75 bits per heavy atom. The van der Waals surface area contributed by atoms with Crippen molar-refractivity contribution in [3.05, 3.63) is 48.1 Å². The van der Waals surface area contributed by atoms with Crippen molar-refractivity contribution in [3.63, 3.8) is 0 Å². The quantitative estimate of drug-likeness (QED) is 0.659. The fourth-order valence-corrected chi connectivity index (χ4v) is 0.863. The zero-order valence-corrected chi connectivity index (χ0v) is 7.07. The molecule has 0 unspecified atom stereocenters. The highest BCUT2D eigenvalue weighted by Crippen LogP contribution is 2.10. The van der Waals surface area contributed by atoms with Gasteiger partial charge in [0.15, 0.2) is 0 Å². The van der Waals surface area contributed by atoms with Gasteiger partial charge >= 0.3 is 0 Å². The number of phenols is 1. The van der Waals surface area contributed by atoms with Crippen LogP contribution in [-0.2, 0) is 0 Å². The maximum atomic E-state index is 8.99. The van der Waals surface area contributed by atoms with Gasteiger partial charge in [0, 0.05) is 0 Å². The molecule has 0 aromatic heterocycles. The highest BCUT2D eigenvalue weighted by molar-refractivity contribution is 5.51. The topological polar surface area (TPSA) is 20.2 Å². The summed E-state index contributed by atoms with van der Waals surface area (Å²) in [7, 11) is 0. The Morgan fingerprint density at radius 1 is 1.08 bits per heavy atom. The second kappa shape index (κ2) is 4.39. The van der Waals surface area contributed by atoms with Gasteiger partial charge < -0.3 is 5.11 Å². The van der Waals surface area contributed by atoms with Crippen molar-refractivity contribution in [2.45, 2.75) is 6.92 Å². The van der Waals surface area contributed by atoms with E-state index >= 15 is 0 Å². The molecule has 1 aromatic carbocycles. The summed E-state index contributed by atoms with van der Waals surface area (Å²) in [5.41, 5.74) is 1.09. The molecule has 0 saturated carbocycles. The first kappa shape index (κ1) is 8.60. The smallest absolute Gasteiger partial charge is 0.115 e. The molecule has 0 aliphatic heterocycles. The third kappa shape index (κ3) is 2.62. The van der Waals surface area contributed by atoms with Gasteiger partial charge in [-0.3, -0.25) is 0 Å². The lowest BCUT2D eigenvalue weighted by Gasteiger charge is -1.92. The van der Waals surface area contributed by atoms with Gasteiger partial charge in [0.2, 0.25) is 0 Å². The second-order valence-corrected chi connectivity index (χ2v) is 2.48. The fourth-order valence-electron chi connectivity index (χ4n) is 0.863. The highest BCUT2D eigenvalue weighted by Gasteiger charge is 1.85. The molecule has 1 aromatic rings. The second-order valence-electron chi connectivity index (χ2n) is 2.48. The van der Waals surface area contributed by atoms with E-state index in [1.807, 2.05) is 43.4 Å². The van der Waals surface area contributed by atoms with Crippen LogP contribution in [0.1, 0.15) is 12.5 Å². The molecular weight excluding hydrogens is 148 g/mol. The van der Waals surface area contributed by atoms with E-state index in [-0.39, 0.29) is 0 Å². The number of aromatic hydroxyl groups is 1. The van der Waals surface area contributed by atoms with E-state index in [4.69, 9.17) is 5.11 Å². The minimum Gasteiger partial charge on any atom is -0.508 e. The summed E-state index contributed by atoms with van der Waals surface area (Å²) in [5, 5.41) is 8.99. The Morgan fingerprint density at radius 3 is 2.33 bits per heavy atom. The average molecular weight is 160 g/mol. The number of hydrogen-bond donors (Lipinski definition) is 1. The summed E-state index contributed by atoms with van der Waals surface area (Å²) in [6, 6.07) is 7.09. The van der Waals surface area contributed by atoms with Crippen molar-refractivity contribution in [2.24, 2.45) is 0 Å². The molecule has 0 radical (unpaired) electrons. The summed E-state index contributed by atoms with van der Waals surface area (Å²) >= 11 is 0. The van der Waals surface area contributed by atoms with Crippen LogP contribution in [0.4, 0.5) is 0 Å². The Balaban J connectivity index is 2.70. The molecule has 0 aliphatic rings. The summed E-state index contributed by atoms with van der Waals surface area (Å²) < 4.78 is 0. The maximum Gasteiger partial charge on any atom is 0.115 e. The first-order chi connectivity index (χ1) is 5.83. The van der Waals surface area contributed by atoms with E-state index in [1.54, 1.807) is 12.1 Å². The molecule has 0 saturated heterocycles. The summed E-state index contributed by atoms with van der Waals surface area (Å²) in [6.07, 6.45) is 7.88. The molecule has 62 valence electrons. The molecule has 0 heterocycles. The largest absolute Gasteiger partial charge is 0.508 e. The fraction of sp³-hybridized carbons (Fsp3) is 0.0909. The van der Waals surface area contributed by atoms with Crippen LogP contribution in [0.5, 0.6) is 5.75 Å². The molecule has 12 heavy (non-hydrogen) atoms. The van der Waals surface area contributed by atoms with Crippen LogP contribution < -0.4 is 0 Å². The standard InChI is InChI=1S/C11H12O/c1-2-3-4-5-10-6-8-11(12)9-7-10/h2-9,12H,1H3/b3-2-,5-4-. The molecule has 1 nitrogen and oxygen atoms in total. The van der Waals surface area contributed by atoms with E-state index in [0.29, 0.717) is 5.75 Å². The van der Waals surface area contributed by atoms with E-state index in [9.17, 15) is 0 Å². The molecule has 1 N–H and O–H groups in total.